The van der Waals surface area contributed by atoms with Gasteiger partial charge in [0.15, 0.2) is 0 Å². The number of ether oxygens (including phenoxy) is 1. The van der Waals surface area contributed by atoms with E-state index in [9.17, 15) is 0 Å². The highest BCUT2D eigenvalue weighted by atomic mass is 16.5. The standard InChI is InChI=1S/C7H15NO2/c1-6-2-3-10-5-7(4-9)8-6/h6-9H,2-5H2,1H3/t6-,7+/m0/s1. The van der Waals surface area contributed by atoms with E-state index in [2.05, 4.69) is 12.2 Å². The van der Waals surface area contributed by atoms with Gasteiger partial charge in [0.05, 0.1) is 19.3 Å². The molecule has 0 spiro atoms. The van der Waals surface area contributed by atoms with Crippen molar-refractivity contribution in [2.75, 3.05) is 19.8 Å². The van der Waals surface area contributed by atoms with Crippen LogP contribution < -0.4 is 5.32 Å². The van der Waals surface area contributed by atoms with Gasteiger partial charge in [0.2, 0.25) is 0 Å². The van der Waals surface area contributed by atoms with Crippen molar-refractivity contribution >= 4 is 0 Å². The molecule has 2 atom stereocenters. The van der Waals surface area contributed by atoms with Gasteiger partial charge in [0.25, 0.3) is 0 Å². The number of aliphatic hydroxyl groups excluding tert-OH is 1. The monoisotopic (exact) mass is 145 g/mol. The molecule has 1 aliphatic rings. The lowest BCUT2D eigenvalue weighted by atomic mass is 10.2. The lowest BCUT2D eigenvalue weighted by molar-refractivity contribution is 0.109. The minimum absolute atomic E-state index is 0.137. The van der Waals surface area contributed by atoms with Crippen LogP contribution in [0.1, 0.15) is 13.3 Å². The molecule has 1 saturated heterocycles. The van der Waals surface area contributed by atoms with Crippen molar-refractivity contribution in [3.05, 3.63) is 0 Å². The van der Waals surface area contributed by atoms with Gasteiger partial charge in [-0.25, -0.2) is 0 Å². The van der Waals surface area contributed by atoms with Crippen LogP contribution in [0.2, 0.25) is 0 Å². The number of hydrogen-bond acceptors (Lipinski definition) is 3. The Hall–Kier alpha value is -0.120. The molecule has 0 aliphatic carbocycles. The SMILES string of the molecule is C[C@H]1CCOC[C@@H](CO)N1. The van der Waals surface area contributed by atoms with Crippen molar-refractivity contribution in [1.82, 2.24) is 5.32 Å². The zero-order valence-electron chi connectivity index (χ0n) is 6.34. The quantitative estimate of drug-likeness (QED) is 0.534. The molecule has 0 aromatic heterocycles. The highest BCUT2D eigenvalue weighted by molar-refractivity contribution is 4.72. The maximum atomic E-state index is 8.79. The summed E-state index contributed by atoms with van der Waals surface area (Å²) in [6.45, 7) is 3.73. The van der Waals surface area contributed by atoms with E-state index in [0.29, 0.717) is 12.6 Å². The summed E-state index contributed by atoms with van der Waals surface area (Å²) in [6, 6.07) is 0.608. The molecule has 0 saturated carbocycles. The number of aliphatic hydroxyl groups is 1. The van der Waals surface area contributed by atoms with E-state index in [1.807, 2.05) is 0 Å². The van der Waals surface area contributed by atoms with E-state index in [0.717, 1.165) is 13.0 Å². The van der Waals surface area contributed by atoms with Gasteiger partial charge in [-0.1, -0.05) is 0 Å². The van der Waals surface area contributed by atoms with Crippen molar-refractivity contribution in [2.45, 2.75) is 25.4 Å². The third-order valence-corrected chi connectivity index (χ3v) is 1.75. The summed E-state index contributed by atoms with van der Waals surface area (Å²) in [5.74, 6) is 0. The third-order valence-electron chi connectivity index (χ3n) is 1.75. The predicted molar refractivity (Wildman–Crippen MR) is 38.9 cm³/mol. The van der Waals surface area contributed by atoms with Crippen LogP contribution in [0.15, 0.2) is 0 Å². The molecule has 2 N–H and O–H groups in total. The van der Waals surface area contributed by atoms with Crippen LogP contribution in [-0.2, 0) is 4.74 Å². The largest absolute Gasteiger partial charge is 0.395 e. The first-order valence-corrected chi connectivity index (χ1v) is 3.77. The van der Waals surface area contributed by atoms with Crippen LogP contribution >= 0.6 is 0 Å². The third kappa shape index (κ3) is 2.25. The van der Waals surface area contributed by atoms with Gasteiger partial charge in [-0.2, -0.15) is 0 Å². The van der Waals surface area contributed by atoms with Crippen molar-refractivity contribution in [3.8, 4) is 0 Å². The van der Waals surface area contributed by atoms with Crippen molar-refractivity contribution in [2.24, 2.45) is 0 Å². The molecule has 0 aromatic rings. The van der Waals surface area contributed by atoms with Crippen LogP contribution in [0.25, 0.3) is 0 Å². The van der Waals surface area contributed by atoms with Crippen LogP contribution in [-0.4, -0.2) is 37.0 Å². The van der Waals surface area contributed by atoms with Crippen LogP contribution in [0.5, 0.6) is 0 Å². The topological polar surface area (TPSA) is 41.5 Å². The molecule has 10 heavy (non-hydrogen) atoms. The Morgan fingerprint density at radius 2 is 2.50 bits per heavy atom. The summed E-state index contributed by atoms with van der Waals surface area (Å²) >= 11 is 0. The van der Waals surface area contributed by atoms with Gasteiger partial charge in [-0.05, 0) is 13.3 Å². The van der Waals surface area contributed by atoms with Crippen molar-refractivity contribution < 1.29 is 9.84 Å². The Kier molecular flexibility index (Phi) is 3.12. The second kappa shape index (κ2) is 3.91. The summed E-state index contributed by atoms with van der Waals surface area (Å²) in [6.07, 6.45) is 1.04. The average molecular weight is 145 g/mol. The molecule has 0 aromatic carbocycles. The molecule has 60 valence electrons. The van der Waals surface area contributed by atoms with Crippen LogP contribution in [0.3, 0.4) is 0 Å². The second-order valence-corrected chi connectivity index (χ2v) is 2.81. The van der Waals surface area contributed by atoms with Gasteiger partial charge in [0.1, 0.15) is 0 Å². The normalized spacial score (nSPS) is 35.4. The van der Waals surface area contributed by atoms with E-state index in [-0.39, 0.29) is 12.6 Å². The fourth-order valence-corrected chi connectivity index (χ4v) is 1.12. The number of rotatable bonds is 1. The first kappa shape index (κ1) is 7.98. The molecule has 0 radical (unpaired) electrons. The van der Waals surface area contributed by atoms with E-state index < -0.39 is 0 Å². The molecule has 3 heteroatoms. The smallest absolute Gasteiger partial charge is 0.0642 e. The molecule has 1 heterocycles. The van der Waals surface area contributed by atoms with Crippen molar-refractivity contribution in [3.63, 3.8) is 0 Å². The van der Waals surface area contributed by atoms with E-state index in [1.54, 1.807) is 0 Å². The van der Waals surface area contributed by atoms with Crippen LogP contribution in [0.4, 0.5) is 0 Å². The zero-order chi connectivity index (χ0) is 7.40. The van der Waals surface area contributed by atoms with Gasteiger partial charge in [-0.3, -0.25) is 0 Å². The zero-order valence-corrected chi connectivity index (χ0v) is 6.34. The first-order chi connectivity index (χ1) is 4.83. The molecule has 1 fully saturated rings. The highest BCUT2D eigenvalue weighted by Crippen LogP contribution is 2.00. The summed E-state index contributed by atoms with van der Waals surface area (Å²) in [5, 5.41) is 12.0. The fourth-order valence-electron chi connectivity index (χ4n) is 1.12. The Bertz CT molecular complexity index is 97.6. The number of nitrogens with one attached hydrogen (secondary N) is 1. The summed E-state index contributed by atoms with van der Waals surface area (Å²) < 4.78 is 5.25. The second-order valence-electron chi connectivity index (χ2n) is 2.81. The molecule has 0 unspecified atom stereocenters. The lowest BCUT2D eigenvalue weighted by Gasteiger charge is -2.15. The molecule has 1 rings (SSSR count). The van der Waals surface area contributed by atoms with Crippen molar-refractivity contribution in [1.29, 1.82) is 0 Å². The Labute approximate surface area is 61.4 Å². The molecule has 3 nitrogen and oxygen atoms in total. The maximum absolute atomic E-state index is 8.79. The summed E-state index contributed by atoms with van der Waals surface area (Å²) in [7, 11) is 0. The summed E-state index contributed by atoms with van der Waals surface area (Å²) in [5.41, 5.74) is 0. The van der Waals surface area contributed by atoms with E-state index in [4.69, 9.17) is 9.84 Å². The molecule has 0 amide bonds. The first-order valence-electron chi connectivity index (χ1n) is 3.77. The van der Waals surface area contributed by atoms with E-state index >= 15 is 0 Å². The fraction of sp³-hybridized carbons (Fsp3) is 1.00. The van der Waals surface area contributed by atoms with Gasteiger partial charge in [-0.15, -0.1) is 0 Å². The van der Waals surface area contributed by atoms with Crippen LogP contribution in [0, 0.1) is 0 Å². The molecular formula is C7H15NO2. The van der Waals surface area contributed by atoms with Gasteiger partial charge in [0, 0.05) is 12.6 Å². The average Bonchev–Trinajstić information content (AvgIpc) is 2.13. The molecule has 1 aliphatic heterocycles. The Morgan fingerprint density at radius 3 is 3.20 bits per heavy atom. The molecule has 0 bridgehead atoms. The summed E-state index contributed by atoms with van der Waals surface area (Å²) in [4.78, 5) is 0. The Morgan fingerprint density at radius 1 is 1.70 bits per heavy atom. The van der Waals surface area contributed by atoms with Gasteiger partial charge < -0.3 is 15.2 Å². The molecular weight excluding hydrogens is 130 g/mol. The highest BCUT2D eigenvalue weighted by Gasteiger charge is 2.14. The van der Waals surface area contributed by atoms with Gasteiger partial charge >= 0.3 is 0 Å². The van der Waals surface area contributed by atoms with E-state index in [1.165, 1.54) is 0 Å². The Balaban J connectivity index is 2.30. The lowest BCUT2D eigenvalue weighted by Crippen LogP contribution is -2.39. The minimum atomic E-state index is 0.137. The minimum Gasteiger partial charge on any atom is -0.395 e. The predicted octanol–water partition coefficient (Wildman–Crippen LogP) is -0.254. The number of hydrogen-bond donors (Lipinski definition) is 2. The maximum Gasteiger partial charge on any atom is 0.0642 e.